The normalized spacial score (nSPS) is 28.4. The van der Waals surface area contributed by atoms with E-state index < -0.39 is 46.8 Å². The van der Waals surface area contributed by atoms with Crippen LogP contribution < -0.4 is 0 Å². The molecule has 0 amide bonds. The number of carbonyl (C=O) groups excluding carboxylic acids is 3. The summed E-state index contributed by atoms with van der Waals surface area (Å²) in [6, 6.07) is 0. The van der Waals surface area contributed by atoms with E-state index >= 15 is 0 Å². The monoisotopic (exact) mass is 354 g/mol. The molecule has 144 valence electrons. The minimum Gasteiger partial charge on any atom is -0.390 e. The van der Waals surface area contributed by atoms with Crippen molar-refractivity contribution in [2.24, 2.45) is 29.6 Å². The van der Waals surface area contributed by atoms with Crippen molar-refractivity contribution in [3.63, 3.8) is 0 Å². The molecule has 1 aliphatic rings. The van der Waals surface area contributed by atoms with E-state index in [1.165, 1.54) is 0 Å². The largest absolute Gasteiger partial charge is 0.390 e. The van der Waals surface area contributed by atoms with Gasteiger partial charge >= 0.3 is 0 Å². The van der Waals surface area contributed by atoms with Gasteiger partial charge in [-0.25, -0.2) is 0 Å². The molecular weight excluding hydrogens is 320 g/mol. The summed E-state index contributed by atoms with van der Waals surface area (Å²) >= 11 is 0. The lowest BCUT2D eigenvalue weighted by atomic mass is 9.78. The van der Waals surface area contributed by atoms with Gasteiger partial charge in [0.1, 0.15) is 5.92 Å². The number of ketones is 3. The zero-order valence-corrected chi connectivity index (χ0v) is 16.4. The molecule has 1 saturated carbocycles. The van der Waals surface area contributed by atoms with Crippen LogP contribution in [0.3, 0.4) is 0 Å². The highest BCUT2D eigenvalue weighted by molar-refractivity contribution is 6.27. The quantitative estimate of drug-likeness (QED) is 0.621. The van der Waals surface area contributed by atoms with Crippen LogP contribution in [0.4, 0.5) is 0 Å². The van der Waals surface area contributed by atoms with Crippen LogP contribution in [0.15, 0.2) is 0 Å². The molecule has 5 nitrogen and oxygen atoms in total. The van der Waals surface area contributed by atoms with E-state index in [1.54, 1.807) is 13.8 Å². The van der Waals surface area contributed by atoms with Gasteiger partial charge in [-0.1, -0.05) is 48.0 Å². The van der Waals surface area contributed by atoms with E-state index in [0.29, 0.717) is 31.1 Å². The molecule has 0 aliphatic heterocycles. The molecule has 0 spiro atoms. The average Bonchev–Trinajstić information content (AvgIpc) is 2.69. The Kier molecular flexibility index (Phi) is 7.51. The molecule has 1 aliphatic carbocycles. The van der Waals surface area contributed by atoms with Crippen molar-refractivity contribution >= 4 is 17.3 Å². The van der Waals surface area contributed by atoms with E-state index in [1.807, 2.05) is 27.7 Å². The average molecular weight is 354 g/mol. The zero-order valence-electron chi connectivity index (χ0n) is 16.4. The smallest absolute Gasteiger partial charge is 0.185 e. The van der Waals surface area contributed by atoms with Gasteiger partial charge in [-0.15, -0.1) is 0 Å². The summed E-state index contributed by atoms with van der Waals surface area (Å²) in [5.74, 6) is -4.10. The fourth-order valence-corrected chi connectivity index (χ4v) is 3.52. The first-order chi connectivity index (χ1) is 11.4. The topological polar surface area (TPSA) is 91.7 Å². The molecule has 0 heterocycles. The second kappa shape index (κ2) is 8.54. The van der Waals surface area contributed by atoms with Crippen LogP contribution in [-0.4, -0.2) is 39.3 Å². The van der Waals surface area contributed by atoms with Crippen LogP contribution >= 0.6 is 0 Å². The number of Topliss-reactive ketones (excluding diaryl/α,β-unsaturated/α-hetero) is 3. The van der Waals surface area contributed by atoms with Gasteiger partial charge in [0.2, 0.25) is 0 Å². The Labute approximate surface area is 151 Å². The second-order valence-electron chi connectivity index (χ2n) is 8.59. The maximum absolute atomic E-state index is 12.9. The molecule has 25 heavy (non-hydrogen) atoms. The second-order valence-corrected chi connectivity index (χ2v) is 8.59. The van der Waals surface area contributed by atoms with Crippen molar-refractivity contribution in [2.45, 2.75) is 78.9 Å². The van der Waals surface area contributed by atoms with E-state index in [0.717, 1.165) is 0 Å². The summed E-state index contributed by atoms with van der Waals surface area (Å²) < 4.78 is 0. The van der Waals surface area contributed by atoms with Crippen LogP contribution in [0, 0.1) is 29.6 Å². The number of hydrogen-bond acceptors (Lipinski definition) is 5. The van der Waals surface area contributed by atoms with Gasteiger partial charge in [0, 0.05) is 5.92 Å². The summed E-state index contributed by atoms with van der Waals surface area (Å²) in [4.78, 5) is 38.1. The number of aliphatic hydroxyl groups excluding tert-OH is 1. The van der Waals surface area contributed by atoms with Crippen LogP contribution in [0.5, 0.6) is 0 Å². The van der Waals surface area contributed by atoms with Crippen LogP contribution in [-0.2, 0) is 14.4 Å². The van der Waals surface area contributed by atoms with E-state index in [9.17, 15) is 24.6 Å². The van der Waals surface area contributed by atoms with Crippen molar-refractivity contribution in [2.75, 3.05) is 0 Å². The van der Waals surface area contributed by atoms with Crippen molar-refractivity contribution in [3.05, 3.63) is 0 Å². The Hall–Kier alpha value is -1.07. The van der Waals surface area contributed by atoms with Crippen molar-refractivity contribution in [3.8, 4) is 0 Å². The summed E-state index contributed by atoms with van der Waals surface area (Å²) in [7, 11) is 0. The first-order valence-corrected chi connectivity index (χ1v) is 9.46. The molecule has 1 fully saturated rings. The minimum absolute atomic E-state index is 0.230. The fourth-order valence-electron chi connectivity index (χ4n) is 3.52. The van der Waals surface area contributed by atoms with Crippen molar-refractivity contribution < 1.29 is 24.6 Å². The van der Waals surface area contributed by atoms with Crippen LogP contribution in [0.25, 0.3) is 0 Å². The van der Waals surface area contributed by atoms with E-state index in [2.05, 4.69) is 0 Å². The molecule has 0 radical (unpaired) electrons. The van der Waals surface area contributed by atoms with Gasteiger partial charge in [0.15, 0.2) is 23.0 Å². The summed E-state index contributed by atoms with van der Waals surface area (Å²) in [6.07, 6.45) is 0.483. The Balaban J connectivity index is 3.20. The predicted molar refractivity (Wildman–Crippen MR) is 95.9 cm³/mol. The standard InChI is InChI=1S/C20H34O5/c1-11(2)7-9-14-18(23)16(17(22)13(5)6)19(24)20(14,25)15(21)10-8-12(3)4/h11-16,21,25H,7-10H2,1-6H3/t14-,15+,16?,20+/m0/s1. The molecule has 2 N–H and O–H groups in total. The van der Waals surface area contributed by atoms with Gasteiger partial charge < -0.3 is 10.2 Å². The third kappa shape index (κ3) is 4.56. The molecule has 0 aromatic heterocycles. The lowest BCUT2D eigenvalue weighted by molar-refractivity contribution is -0.158. The van der Waals surface area contributed by atoms with Gasteiger partial charge in [0.05, 0.1) is 12.0 Å². The Morgan fingerprint density at radius 3 is 1.96 bits per heavy atom. The highest BCUT2D eigenvalue weighted by Gasteiger charge is 2.64. The summed E-state index contributed by atoms with van der Waals surface area (Å²) in [5, 5.41) is 21.7. The predicted octanol–water partition coefficient (Wildman–Crippen LogP) is 2.56. The van der Waals surface area contributed by atoms with Crippen LogP contribution in [0.2, 0.25) is 0 Å². The maximum atomic E-state index is 12.9. The fraction of sp³-hybridized carbons (Fsp3) is 0.850. The number of rotatable bonds is 9. The van der Waals surface area contributed by atoms with E-state index in [4.69, 9.17) is 0 Å². The molecule has 5 heteroatoms. The molecule has 1 rings (SSSR count). The lowest BCUT2D eigenvalue weighted by Gasteiger charge is -2.33. The zero-order chi connectivity index (χ0) is 19.5. The van der Waals surface area contributed by atoms with Crippen molar-refractivity contribution in [1.29, 1.82) is 0 Å². The highest BCUT2D eigenvalue weighted by atomic mass is 16.4. The molecule has 4 atom stereocenters. The number of hydrogen-bond donors (Lipinski definition) is 2. The number of aliphatic hydroxyl groups is 2. The van der Waals surface area contributed by atoms with Crippen LogP contribution in [0.1, 0.15) is 67.2 Å². The Morgan fingerprint density at radius 2 is 1.52 bits per heavy atom. The first kappa shape index (κ1) is 22.0. The SMILES string of the molecule is CC(C)CC[C@@H](O)[C@@]1(O)C(=O)C(C(=O)C(C)C)C(=O)[C@@H]1CCC(C)C. The van der Waals surface area contributed by atoms with Gasteiger partial charge in [-0.3, -0.25) is 14.4 Å². The Morgan fingerprint density at radius 1 is 1.00 bits per heavy atom. The first-order valence-electron chi connectivity index (χ1n) is 9.46. The Bertz CT molecular complexity index is 508. The maximum Gasteiger partial charge on any atom is 0.185 e. The van der Waals surface area contributed by atoms with Gasteiger partial charge in [-0.2, -0.15) is 0 Å². The highest BCUT2D eigenvalue weighted by Crippen LogP contribution is 2.42. The lowest BCUT2D eigenvalue weighted by Crippen LogP contribution is -2.52. The molecule has 0 saturated heterocycles. The minimum atomic E-state index is -2.14. The van der Waals surface area contributed by atoms with Crippen molar-refractivity contribution in [1.82, 2.24) is 0 Å². The van der Waals surface area contributed by atoms with Gasteiger partial charge in [-0.05, 0) is 31.1 Å². The third-order valence-electron chi connectivity index (χ3n) is 5.23. The van der Waals surface area contributed by atoms with E-state index in [-0.39, 0.29) is 6.42 Å². The summed E-state index contributed by atoms with van der Waals surface area (Å²) in [6.45, 7) is 11.2. The molecular formula is C20H34O5. The molecule has 0 aromatic carbocycles. The molecule has 0 bridgehead atoms. The van der Waals surface area contributed by atoms with Gasteiger partial charge in [0.25, 0.3) is 0 Å². The number of carbonyl (C=O) groups is 3. The molecule has 1 unspecified atom stereocenters. The third-order valence-corrected chi connectivity index (χ3v) is 5.23. The molecule has 0 aromatic rings. The summed E-state index contributed by atoms with van der Waals surface area (Å²) in [5.41, 5.74) is -2.14.